The molecule has 0 aromatic carbocycles. The molecule has 2 unspecified atom stereocenters. The summed E-state index contributed by atoms with van der Waals surface area (Å²) < 4.78 is 5.48. The van der Waals surface area contributed by atoms with Gasteiger partial charge in [0.2, 0.25) is 5.95 Å². The summed E-state index contributed by atoms with van der Waals surface area (Å²) in [5.41, 5.74) is 1.57. The second kappa shape index (κ2) is 4.59. The van der Waals surface area contributed by atoms with Crippen molar-refractivity contribution in [2.45, 2.75) is 32.4 Å². The summed E-state index contributed by atoms with van der Waals surface area (Å²) in [6.07, 6.45) is 2.88. The van der Waals surface area contributed by atoms with Crippen molar-refractivity contribution in [1.29, 1.82) is 0 Å². The van der Waals surface area contributed by atoms with Gasteiger partial charge in [-0.1, -0.05) is 13.8 Å². The Kier molecular flexibility index (Phi) is 3.01. The molecule has 1 aliphatic rings. The highest BCUT2D eigenvalue weighted by atomic mass is 16.5. The van der Waals surface area contributed by atoms with Gasteiger partial charge in [-0.25, -0.2) is 4.98 Å². The summed E-state index contributed by atoms with van der Waals surface area (Å²) in [7, 11) is 3.56. The SMILES string of the molecule is CNc1nc(NC2CC(OC)C2(C)C)c2[nH]cnc2n1. The molecule has 0 spiro atoms. The highest BCUT2D eigenvalue weighted by Crippen LogP contribution is 2.44. The second-order valence-electron chi connectivity index (χ2n) is 5.73. The number of methoxy groups -OCH3 is 1. The van der Waals surface area contributed by atoms with E-state index in [1.165, 1.54) is 0 Å². The van der Waals surface area contributed by atoms with Gasteiger partial charge in [0.25, 0.3) is 0 Å². The van der Waals surface area contributed by atoms with Crippen LogP contribution >= 0.6 is 0 Å². The summed E-state index contributed by atoms with van der Waals surface area (Å²) in [5, 5.41) is 6.45. The van der Waals surface area contributed by atoms with E-state index in [-0.39, 0.29) is 11.5 Å². The van der Waals surface area contributed by atoms with Crippen LogP contribution in [0.1, 0.15) is 20.3 Å². The van der Waals surface area contributed by atoms with Crippen molar-refractivity contribution in [2.75, 3.05) is 24.8 Å². The lowest BCUT2D eigenvalue weighted by Gasteiger charge is -2.51. The molecule has 0 saturated heterocycles. The third-order valence-corrected chi connectivity index (χ3v) is 4.28. The van der Waals surface area contributed by atoms with Crippen molar-refractivity contribution in [1.82, 2.24) is 19.9 Å². The maximum atomic E-state index is 5.48. The smallest absolute Gasteiger partial charge is 0.226 e. The van der Waals surface area contributed by atoms with Gasteiger partial charge < -0.3 is 20.4 Å². The number of fused-ring (bicyclic) bond motifs is 1. The Morgan fingerprint density at radius 3 is 2.85 bits per heavy atom. The van der Waals surface area contributed by atoms with Gasteiger partial charge in [-0.3, -0.25) is 0 Å². The van der Waals surface area contributed by atoms with E-state index in [0.29, 0.717) is 17.6 Å². The van der Waals surface area contributed by atoms with Gasteiger partial charge in [-0.2, -0.15) is 9.97 Å². The topological polar surface area (TPSA) is 87.8 Å². The maximum Gasteiger partial charge on any atom is 0.226 e. The van der Waals surface area contributed by atoms with E-state index < -0.39 is 0 Å². The quantitative estimate of drug-likeness (QED) is 0.786. The molecule has 0 amide bonds. The van der Waals surface area contributed by atoms with Gasteiger partial charge in [-0.15, -0.1) is 0 Å². The third kappa shape index (κ3) is 1.89. The highest BCUT2D eigenvalue weighted by molar-refractivity contribution is 5.83. The van der Waals surface area contributed by atoms with Gasteiger partial charge in [0.05, 0.1) is 12.4 Å². The molecule has 2 atom stereocenters. The molecule has 1 aliphatic carbocycles. The second-order valence-corrected chi connectivity index (χ2v) is 5.73. The number of nitrogens with zero attached hydrogens (tertiary/aromatic N) is 3. The zero-order chi connectivity index (χ0) is 14.3. The predicted molar refractivity (Wildman–Crippen MR) is 77.8 cm³/mol. The minimum Gasteiger partial charge on any atom is -0.381 e. The van der Waals surface area contributed by atoms with Crippen molar-refractivity contribution >= 4 is 22.9 Å². The zero-order valence-corrected chi connectivity index (χ0v) is 12.2. The molecule has 3 rings (SSSR count). The first-order valence-electron chi connectivity index (χ1n) is 6.74. The fourth-order valence-electron chi connectivity index (χ4n) is 2.74. The standard InChI is InChI=1S/C13H20N6O/c1-13(2)7(5-8(13)20-4)17-11-9-10(16-6-15-9)18-12(14-3)19-11/h6-8H,5H2,1-4H3,(H3,14,15,16,17,18,19). The van der Waals surface area contributed by atoms with Gasteiger partial charge in [-0.05, 0) is 6.42 Å². The number of hydrogen-bond donors (Lipinski definition) is 3. The lowest BCUT2D eigenvalue weighted by atomic mass is 9.64. The van der Waals surface area contributed by atoms with E-state index in [9.17, 15) is 0 Å². The van der Waals surface area contributed by atoms with Crippen molar-refractivity contribution in [3.8, 4) is 0 Å². The van der Waals surface area contributed by atoms with E-state index in [2.05, 4.69) is 44.4 Å². The Hall–Kier alpha value is -1.89. The van der Waals surface area contributed by atoms with E-state index in [1.54, 1.807) is 20.5 Å². The van der Waals surface area contributed by atoms with Gasteiger partial charge in [0, 0.05) is 25.6 Å². The molecule has 108 valence electrons. The van der Waals surface area contributed by atoms with Gasteiger partial charge in [0.15, 0.2) is 11.5 Å². The number of hydrogen-bond acceptors (Lipinski definition) is 6. The Morgan fingerprint density at radius 2 is 2.20 bits per heavy atom. The third-order valence-electron chi connectivity index (χ3n) is 4.28. The number of anilines is 2. The number of H-pyrrole nitrogens is 1. The minimum absolute atomic E-state index is 0.0752. The van der Waals surface area contributed by atoms with Crippen LogP contribution in [0.5, 0.6) is 0 Å². The molecule has 7 nitrogen and oxygen atoms in total. The molecule has 1 fully saturated rings. The molecule has 3 N–H and O–H groups in total. The predicted octanol–water partition coefficient (Wildman–Crippen LogP) is 1.62. The fourth-order valence-corrected chi connectivity index (χ4v) is 2.74. The number of aromatic amines is 1. The van der Waals surface area contributed by atoms with Gasteiger partial charge in [0.1, 0.15) is 5.52 Å². The van der Waals surface area contributed by atoms with Crippen LogP contribution < -0.4 is 10.6 Å². The van der Waals surface area contributed by atoms with E-state index in [0.717, 1.165) is 17.8 Å². The van der Waals surface area contributed by atoms with E-state index >= 15 is 0 Å². The molecule has 1 saturated carbocycles. The van der Waals surface area contributed by atoms with Crippen LogP contribution in [0.4, 0.5) is 11.8 Å². The summed E-state index contributed by atoms with van der Waals surface area (Å²) in [6, 6.07) is 0.318. The van der Waals surface area contributed by atoms with Crippen LogP contribution in [0.3, 0.4) is 0 Å². The lowest BCUT2D eigenvalue weighted by Crippen LogP contribution is -2.57. The Bertz CT molecular complexity index is 622. The molecule has 0 radical (unpaired) electrons. The number of nitrogens with one attached hydrogen (secondary N) is 3. The first kappa shape index (κ1) is 13.1. The minimum atomic E-state index is 0.0752. The van der Waals surface area contributed by atoms with Crippen molar-refractivity contribution in [3.63, 3.8) is 0 Å². The first-order valence-corrected chi connectivity index (χ1v) is 6.74. The molecular weight excluding hydrogens is 256 g/mol. The fraction of sp³-hybridized carbons (Fsp3) is 0.615. The molecule has 2 aromatic heterocycles. The van der Waals surface area contributed by atoms with Crippen molar-refractivity contribution in [3.05, 3.63) is 6.33 Å². The van der Waals surface area contributed by atoms with Gasteiger partial charge >= 0.3 is 0 Å². The van der Waals surface area contributed by atoms with Crippen LogP contribution in [0.25, 0.3) is 11.2 Å². The monoisotopic (exact) mass is 276 g/mol. The summed E-state index contributed by atoms with van der Waals surface area (Å²) in [4.78, 5) is 16.1. The summed E-state index contributed by atoms with van der Waals surface area (Å²) >= 11 is 0. The zero-order valence-electron chi connectivity index (χ0n) is 12.2. The largest absolute Gasteiger partial charge is 0.381 e. The molecule has 7 heteroatoms. The molecule has 0 bridgehead atoms. The van der Waals surface area contributed by atoms with Crippen LogP contribution in [-0.4, -0.2) is 46.2 Å². The number of aromatic nitrogens is 4. The van der Waals surface area contributed by atoms with Crippen LogP contribution in [0.2, 0.25) is 0 Å². The van der Waals surface area contributed by atoms with Crippen LogP contribution in [0.15, 0.2) is 6.33 Å². The lowest BCUT2D eigenvalue weighted by molar-refractivity contribution is -0.0795. The van der Waals surface area contributed by atoms with E-state index in [1.807, 2.05) is 0 Å². The average Bonchev–Trinajstić information content (AvgIpc) is 2.90. The Labute approximate surface area is 117 Å². The van der Waals surface area contributed by atoms with Crippen LogP contribution in [-0.2, 0) is 4.74 Å². The summed E-state index contributed by atoms with van der Waals surface area (Å²) in [5.74, 6) is 1.34. The summed E-state index contributed by atoms with van der Waals surface area (Å²) in [6.45, 7) is 4.40. The normalized spacial score (nSPS) is 24.4. The molecule has 0 aliphatic heterocycles. The maximum absolute atomic E-state index is 5.48. The number of rotatable bonds is 4. The molecule has 2 aromatic rings. The number of ether oxygens (including phenoxy) is 1. The highest BCUT2D eigenvalue weighted by Gasteiger charge is 2.48. The Balaban J connectivity index is 1.90. The first-order chi connectivity index (χ1) is 9.56. The number of imidazole rings is 1. The van der Waals surface area contributed by atoms with Crippen molar-refractivity contribution < 1.29 is 4.74 Å². The average molecular weight is 276 g/mol. The van der Waals surface area contributed by atoms with Crippen LogP contribution in [0, 0.1) is 5.41 Å². The Morgan fingerprint density at radius 1 is 1.40 bits per heavy atom. The van der Waals surface area contributed by atoms with E-state index in [4.69, 9.17) is 4.74 Å². The van der Waals surface area contributed by atoms with Crippen molar-refractivity contribution in [2.24, 2.45) is 5.41 Å². The molecular formula is C13H20N6O. The molecule has 2 heterocycles. The molecule has 20 heavy (non-hydrogen) atoms.